The quantitative estimate of drug-likeness (QED) is 0.416. The zero-order chi connectivity index (χ0) is 17.3. The molecule has 0 aliphatic heterocycles. The van der Waals surface area contributed by atoms with Crippen LogP contribution in [0.1, 0.15) is 16.7 Å². The highest BCUT2D eigenvalue weighted by molar-refractivity contribution is 5.93. The van der Waals surface area contributed by atoms with E-state index in [4.69, 9.17) is 9.15 Å². The maximum Gasteiger partial charge on any atom is 0.310 e. The third-order valence-electron chi connectivity index (χ3n) is 4.16. The molecule has 3 rings (SSSR count). The second-order valence-electron chi connectivity index (χ2n) is 5.76. The van der Waals surface area contributed by atoms with E-state index in [0.29, 0.717) is 27.5 Å². The number of carbonyl (C=O) groups is 1. The molecule has 0 saturated heterocycles. The van der Waals surface area contributed by atoms with Gasteiger partial charge in [0.1, 0.15) is 17.8 Å². The number of para-hydroxylation sites is 1. The fourth-order valence-electron chi connectivity index (χ4n) is 2.73. The van der Waals surface area contributed by atoms with Crippen molar-refractivity contribution < 1.29 is 13.9 Å². The minimum atomic E-state index is -0.383. The lowest BCUT2D eigenvalue weighted by molar-refractivity contribution is -0.141. The van der Waals surface area contributed by atoms with E-state index in [9.17, 15) is 9.59 Å². The molecule has 0 bridgehead atoms. The summed E-state index contributed by atoms with van der Waals surface area (Å²) in [7, 11) is 0. The highest BCUT2D eigenvalue weighted by Crippen LogP contribution is 2.26. The molecule has 0 spiro atoms. The maximum absolute atomic E-state index is 12.8. The van der Waals surface area contributed by atoms with E-state index in [1.54, 1.807) is 24.3 Å². The van der Waals surface area contributed by atoms with E-state index in [1.807, 2.05) is 19.9 Å². The van der Waals surface area contributed by atoms with Gasteiger partial charge in [-0.05, 0) is 37.1 Å². The Hall–Kier alpha value is -2.88. The summed E-state index contributed by atoms with van der Waals surface area (Å²) < 4.78 is 11.1. The highest BCUT2D eigenvalue weighted by Gasteiger charge is 2.15. The minimum Gasteiger partial charge on any atom is -0.461 e. The van der Waals surface area contributed by atoms with Crippen LogP contribution >= 0.6 is 0 Å². The average Bonchev–Trinajstić information content (AvgIpc) is 2.57. The molecule has 0 aliphatic rings. The van der Waals surface area contributed by atoms with Crippen LogP contribution in [0, 0.1) is 13.8 Å². The van der Waals surface area contributed by atoms with E-state index >= 15 is 0 Å². The summed E-state index contributed by atoms with van der Waals surface area (Å²) in [5.74, 6) is -0.383. The van der Waals surface area contributed by atoms with Crippen molar-refractivity contribution in [3.8, 4) is 0 Å². The standard InChI is InChI=1S/C20H18O4/c1-4-10-23-17(21)11-14-6-5-7-15-18(22)16-9-8-12(2)13(3)19(16)24-20(14)15/h4-9H,1,10-11H2,2-3H3. The Morgan fingerprint density at radius 3 is 2.67 bits per heavy atom. The van der Waals surface area contributed by atoms with Crippen molar-refractivity contribution in [3.05, 3.63) is 69.9 Å². The number of ether oxygens (including phenoxy) is 1. The number of carbonyl (C=O) groups excluding carboxylic acids is 1. The normalized spacial score (nSPS) is 10.9. The number of rotatable bonds is 4. The molecule has 24 heavy (non-hydrogen) atoms. The molecule has 0 atom stereocenters. The predicted octanol–water partition coefficient (Wildman–Crippen LogP) is 3.83. The van der Waals surface area contributed by atoms with Crippen molar-refractivity contribution >= 4 is 27.9 Å². The van der Waals surface area contributed by atoms with Gasteiger partial charge in [-0.2, -0.15) is 0 Å². The van der Waals surface area contributed by atoms with E-state index in [0.717, 1.165) is 11.1 Å². The van der Waals surface area contributed by atoms with Crippen molar-refractivity contribution in [1.29, 1.82) is 0 Å². The SMILES string of the molecule is C=CCOC(=O)Cc1cccc2c(=O)c3ccc(C)c(C)c3oc12. The number of esters is 1. The predicted molar refractivity (Wildman–Crippen MR) is 94.3 cm³/mol. The second kappa shape index (κ2) is 6.32. The van der Waals surface area contributed by atoms with Gasteiger partial charge < -0.3 is 9.15 Å². The lowest BCUT2D eigenvalue weighted by Crippen LogP contribution is -2.10. The summed E-state index contributed by atoms with van der Waals surface area (Å²) in [6, 6.07) is 8.94. The van der Waals surface area contributed by atoms with Gasteiger partial charge in [-0.1, -0.05) is 30.9 Å². The van der Waals surface area contributed by atoms with E-state index in [2.05, 4.69) is 6.58 Å². The Bertz CT molecular complexity index is 1010. The van der Waals surface area contributed by atoms with Crippen LogP contribution in [0.2, 0.25) is 0 Å². The highest BCUT2D eigenvalue weighted by atomic mass is 16.5. The summed E-state index contributed by atoms with van der Waals surface area (Å²) in [6.45, 7) is 7.57. The molecule has 0 fully saturated rings. The van der Waals surface area contributed by atoms with Crippen molar-refractivity contribution in [2.45, 2.75) is 20.3 Å². The summed E-state index contributed by atoms with van der Waals surface area (Å²) in [5.41, 5.74) is 3.54. The average molecular weight is 322 g/mol. The Kier molecular flexibility index (Phi) is 4.21. The first-order chi connectivity index (χ1) is 11.5. The molecular formula is C20H18O4. The van der Waals surface area contributed by atoms with Crippen LogP contribution in [0.25, 0.3) is 21.9 Å². The Morgan fingerprint density at radius 2 is 1.92 bits per heavy atom. The van der Waals surface area contributed by atoms with Crippen LogP contribution in [-0.4, -0.2) is 12.6 Å². The molecule has 4 nitrogen and oxygen atoms in total. The minimum absolute atomic E-state index is 0.0461. The largest absolute Gasteiger partial charge is 0.461 e. The third-order valence-corrected chi connectivity index (χ3v) is 4.16. The molecule has 3 aromatic rings. The van der Waals surface area contributed by atoms with Gasteiger partial charge in [0.05, 0.1) is 17.2 Å². The molecule has 1 aromatic heterocycles. The number of aryl methyl sites for hydroxylation is 2. The van der Waals surface area contributed by atoms with Gasteiger partial charge in [0.25, 0.3) is 0 Å². The van der Waals surface area contributed by atoms with Gasteiger partial charge >= 0.3 is 5.97 Å². The monoisotopic (exact) mass is 322 g/mol. The molecule has 0 radical (unpaired) electrons. The van der Waals surface area contributed by atoms with E-state index < -0.39 is 0 Å². The summed E-state index contributed by atoms with van der Waals surface area (Å²) >= 11 is 0. The molecule has 0 amide bonds. The first-order valence-corrected chi connectivity index (χ1v) is 7.74. The number of hydrogen-bond donors (Lipinski definition) is 0. The molecular weight excluding hydrogens is 304 g/mol. The van der Waals surface area contributed by atoms with Gasteiger partial charge in [-0.25, -0.2) is 0 Å². The van der Waals surface area contributed by atoms with Gasteiger partial charge in [0.2, 0.25) is 5.43 Å². The Balaban J connectivity index is 2.22. The molecule has 1 heterocycles. The molecule has 122 valence electrons. The fourth-order valence-corrected chi connectivity index (χ4v) is 2.73. The smallest absolute Gasteiger partial charge is 0.310 e. The molecule has 0 aliphatic carbocycles. The van der Waals surface area contributed by atoms with Crippen molar-refractivity contribution in [1.82, 2.24) is 0 Å². The number of benzene rings is 2. The Labute approximate surface area is 139 Å². The van der Waals surface area contributed by atoms with Gasteiger partial charge in [-0.3, -0.25) is 9.59 Å². The van der Waals surface area contributed by atoms with Gasteiger partial charge in [-0.15, -0.1) is 0 Å². The first kappa shape index (κ1) is 16.0. The van der Waals surface area contributed by atoms with Crippen LogP contribution in [0.4, 0.5) is 0 Å². The van der Waals surface area contributed by atoms with Crippen molar-refractivity contribution in [3.63, 3.8) is 0 Å². The Morgan fingerprint density at radius 1 is 1.17 bits per heavy atom. The van der Waals surface area contributed by atoms with E-state index in [-0.39, 0.29) is 24.4 Å². The van der Waals surface area contributed by atoms with Crippen LogP contribution in [0.5, 0.6) is 0 Å². The number of fused-ring (bicyclic) bond motifs is 2. The van der Waals surface area contributed by atoms with Crippen molar-refractivity contribution in [2.75, 3.05) is 6.61 Å². The fraction of sp³-hybridized carbons (Fsp3) is 0.200. The third kappa shape index (κ3) is 2.71. The van der Waals surface area contributed by atoms with Crippen LogP contribution in [-0.2, 0) is 16.0 Å². The number of hydrogen-bond acceptors (Lipinski definition) is 4. The van der Waals surface area contributed by atoms with Crippen molar-refractivity contribution in [2.24, 2.45) is 0 Å². The lowest BCUT2D eigenvalue weighted by atomic mass is 10.0. The van der Waals surface area contributed by atoms with Gasteiger partial charge in [0.15, 0.2) is 0 Å². The van der Waals surface area contributed by atoms with Crippen LogP contribution < -0.4 is 5.43 Å². The molecule has 0 saturated carbocycles. The van der Waals surface area contributed by atoms with Gasteiger partial charge in [0, 0.05) is 5.56 Å². The lowest BCUT2D eigenvalue weighted by Gasteiger charge is -2.09. The summed E-state index contributed by atoms with van der Waals surface area (Å²) in [6.07, 6.45) is 1.56. The van der Waals surface area contributed by atoms with E-state index in [1.165, 1.54) is 6.08 Å². The van der Waals surface area contributed by atoms with Crippen LogP contribution in [0.3, 0.4) is 0 Å². The molecule has 0 N–H and O–H groups in total. The zero-order valence-electron chi connectivity index (χ0n) is 13.7. The maximum atomic E-state index is 12.8. The summed E-state index contributed by atoms with van der Waals surface area (Å²) in [5, 5.41) is 1.02. The summed E-state index contributed by atoms with van der Waals surface area (Å²) in [4.78, 5) is 24.7. The zero-order valence-corrected chi connectivity index (χ0v) is 13.7. The molecule has 2 aromatic carbocycles. The van der Waals surface area contributed by atoms with Crippen LogP contribution in [0.15, 0.2) is 52.2 Å². The second-order valence-corrected chi connectivity index (χ2v) is 5.76. The molecule has 0 unspecified atom stereocenters. The topological polar surface area (TPSA) is 56.5 Å². The first-order valence-electron chi connectivity index (χ1n) is 7.74. The molecule has 4 heteroatoms.